The van der Waals surface area contributed by atoms with Gasteiger partial charge in [0.05, 0.1) is 0 Å². The molecule has 0 bridgehead atoms. The predicted molar refractivity (Wildman–Crippen MR) is 78.1 cm³/mol. The van der Waals surface area contributed by atoms with Gasteiger partial charge in [-0.3, -0.25) is 4.79 Å². The minimum Gasteiger partial charge on any atom is -0.339 e. The summed E-state index contributed by atoms with van der Waals surface area (Å²) in [5, 5.41) is 0. The van der Waals surface area contributed by atoms with Crippen molar-refractivity contribution in [2.24, 2.45) is 5.92 Å². The number of likely N-dealkylation sites (tertiary alicyclic amines) is 1. The number of carbonyl (C=O) groups excluding carboxylic acids is 1. The first-order valence-corrected chi connectivity index (χ1v) is 7.33. The summed E-state index contributed by atoms with van der Waals surface area (Å²) in [5.74, 6) is 1.01. The fraction of sp³-hybridized carbons (Fsp3) is 0.500. The van der Waals surface area contributed by atoms with Crippen LogP contribution in [0.1, 0.15) is 36.5 Å². The lowest BCUT2D eigenvalue weighted by Crippen LogP contribution is -2.38. The highest BCUT2D eigenvalue weighted by Gasteiger charge is 2.22. The number of piperidine rings is 1. The van der Waals surface area contributed by atoms with E-state index in [1.807, 2.05) is 29.2 Å². The van der Waals surface area contributed by atoms with Crippen molar-refractivity contribution in [1.29, 1.82) is 0 Å². The molecule has 1 saturated heterocycles. The average molecular weight is 343 g/mol. The highest BCUT2D eigenvalue weighted by atomic mass is 127. The minimum atomic E-state index is 0.193. The van der Waals surface area contributed by atoms with Crippen LogP contribution in [0.4, 0.5) is 0 Å². The van der Waals surface area contributed by atoms with Crippen LogP contribution in [-0.4, -0.2) is 23.9 Å². The van der Waals surface area contributed by atoms with Gasteiger partial charge in [0.15, 0.2) is 0 Å². The van der Waals surface area contributed by atoms with Crippen molar-refractivity contribution in [3.05, 3.63) is 33.4 Å². The molecule has 92 valence electrons. The summed E-state index contributed by atoms with van der Waals surface area (Å²) in [4.78, 5) is 14.3. The monoisotopic (exact) mass is 343 g/mol. The van der Waals surface area contributed by atoms with E-state index in [1.165, 1.54) is 6.42 Å². The van der Waals surface area contributed by atoms with Crippen LogP contribution in [0.25, 0.3) is 0 Å². The van der Waals surface area contributed by atoms with E-state index in [1.54, 1.807) is 0 Å². The predicted octanol–water partition coefficient (Wildman–Crippen LogP) is 3.55. The lowest BCUT2D eigenvalue weighted by molar-refractivity contribution is 0.0688. The van der Waals surface area contributed by atoms with Crippen LogP contribution in [0.5, 0.6) is 0 Å². The number of hydrogen-bond donors (Lipinski definition) is 0. The van der Waals surface area contributed by atoms with Crippen LogP contribution >= 0.6 is 22.6 Å². The summed E-state index contributed by atoms with van der Waals surface area (Å²) in [6.07, 6.45) is 3.56. The summed E-state index contributed by atoms with van der Waals surface area (Å²) in [6.45, 7) is 4.08. The van der Waals surface area contributed by atoms with Crippen LogP contribution in [0.3, 0.4) is 0 Å². The Bertz CT molecular complexity index is 397. The van der Waals surface area contributed by atoms with Crippen molar-refractivity contribution in [1.82, 2.24) is 4.90 Å². The molecule has 3 heteroatoms. The maximum Gasteiger partial charge on any atom is 0.253 e. The van der Waals surface area contributed by atoms with Crippen molar-refractivity contribution in [3.63, 3.8) is 0 Å². The number of benzene rings is 1. The third kappa shape index (κ3) is 3.21. The highest BCUT2D eigenvalue weighted by molar-refractivity contribution is 14.1. The second-order valence-electron chi connectivity index (χ2n) is 4.65. The van der Waals surface area contributed by atoms with Gasteiger partial charge in [-0.2, -0.15) is 0 Å². The molecule has 0 aliphatic carbocycles. The molecule has 17 heavy (non-hydrogen) atoms. The lowest BCUT2D eigenvalue weighted by atomic mass is 9.94. The van der Waals surface area contributed by atoms with Crippen molar-refractivity contribution in [2.75, 3.05) is 13.1 Å². The van der Waals surface area contributed by atoms with Gasteiger partial charge in [-0.15, -0.1) is 0 Å². The molecule has 0 radical (unpaired) electrons. The van der Waals surface area contributed by atoms with Crippen LogP contribution in [0.2, 0.25) is 0 Å². The zero-order valence-corrected chi connectivity index (χ0v) is 12.3. The third-order valence-electron chi connectivity index (χ3n) is 3.55. The van der Waals surface area contributed by atoms with Crippen molar-refractivity contribution in [2.45, 2.75) is 26.2 Å². The Balaban J connectivity index is 2.02. The Labute approximate surface area is 117 Å². The second-order valence-corrected chi connectivity index (χ2v) is 5.90. The number of halogens is 1. The molecule has 1 fully saturated rings. The summed E-state index contributed by atoms with van der Waals surface area (Å²) in [7, 11) is 0. The number of rotatable bonds is 2. The third-order valence-corrected chi connectivity index (χ3v) is 4.22. The van der Waals surface area contributed by atoms with E-state index in [0.717, 1.165) is 41.0 Å². The molecule has 0 saturated carbocycles. The van der Waals surface area contributed by atoms with E-state index in [9.17, 15) is 4.79 Å². The van der Waals surface area contributed by atoms with E-state index >= 15 is 0 Å². The maximum absolute atomic E-state index is 12.3. The van der Waals surface area contributed by atoms with E-state index < -0.39 is 0 Å². The molecule has 0 aromatic heterocycles. The van der Waals surface area contributed by atoms with Crippen molar-refractivity contribution < 1.29 is 4.79 Å². The molecule has 1 amide bonds. The Kier molecular flexibility index (Phi) is 4.42. The molecule has 0 spiro atoms. The SMILES string of the molecule is CCC1CCN(C(=O)c2cccc(I)c2)CC1. The number of amides is 1. The summed E-state index contributed by atoms with van der Waals surface area (Å²) < 4.78 is 1.12. The topological polar surface area (TPSA) is 20.3 Å². The van der Waals surface area contributed by atoms with Gasteiger partial charge in [0.1, 0.15) is 0 Å². The maximum atomic E-state index is 12.3. The zero-order chi connectivity index (χ0) is 12.3. The van der Waals surface area contributed by atoms with Crippen LogP contribution in [-0.2, 0) is 0 Å². The Morgan fingerprint density at radius 3 is 2.71 bits per heavy atom. The van der Waals surface area contributed by atoms with Crippen LogP contribution in [0.15, 0.2) is 24.3 Å². The number of nitrogens with zero attached hydrogens (tertiary/aromatic N) is 1. The molecule has 1 aliphatic rings. The first-order valence-electron chi connectivity index (χ1n) is 6.25. The number of carbonyl (C=O) groups is 1. The molecule has 1 aromatic rings. The molecule has 2 rings (SSSR count). The van der Waals surface area contributed by atoms with Gasteiger partial charge in [-0.1, -0.05) is 19.4 Å². The molecular weight excluding hydrogens is 325 g/mol. The van der Waals surface area contributed by atoms with E-state index in [0.29, 0.717) is 0 Å². The fourth-order valence-electron chi connectivity index (χ4n) is 2.35. The van der Waals surface area contributed by atoms with E-state index in [2.05, 4.69) is 29.5 Å². The standard InChI is InChI=1S/C14H18INO/c1-2-11-6-8-16(9-7-11)14(17)12-4-3-5-13(15)10-12/h3-5,10-11H,2,6-9H2,1H3. The molecule has 0 atom stereocenters. The molecule has 0 N–H and O–H groups in total. The zero-order valence-electron chi connectivity index (χ0n) is 10.2. The van der Waals surface area contributed by atoms with E-state index in [4.69, 9.17) is 0 Å². The Morgan fingerprint density at radius 1 is 1.41 bits per heavy atom. The minimum absolute atomic E-state index is 0.193. The van der Waals surface area contributed by atoms with Crippen molar-refractivity contribution >= 4 is 28.5 Å². The van der Waals surface area contributed by atoms with Gasteiger partial charge in [-0.05, 0) is 59.5 Å². The van der Waals surface area contributed by atoms with Gasteiger partial charge in [-0.25, -0.2) is 0 Å². The molecule has 0 unspecified atom stereocenters. The molecule has 1 aromatic carbocycles. The summed E-state index contributed by atoms with van der Waals surface area (Å²) in [5.41, 5.74) is 0.826. The quantitative estimate of drug-likeness (QED) is 0.752. The second kappa shape index (κ2) is 5.85. The average Bonchev–Trinajstić information content (AvgIpc) is 2.38. The van der Waals surface area contributed by atoms with E-state index in [-0.39, 0.29) is 5.91 Å². The van der Waals surface area contributed by atoms with Gasteiger partial charge >= 0.3 is 0 Å². The molecule has 1 aliphatic heterocycles. The Morgan fingerprint density at radius 2 is 2.12 bits per heavy atom. The van der Waals surface area contributed by atoms with Gasteiger partial charge < -0.3 is 4.90 Å². The first-order chi connectivity index (χ1) is 8.20. The van der Waals surface area contributed by atoms with Crippen LogP contribution < -0.4 is 0 Å². The van der Waals surface area contributed by atoms with Gasteiger partial charge in [0.2, 0.25) is 0 Å². The largest absolute Gasteiger partial charge is 0.339 e. The fourth-order valence-corrected chi connectivity index (χ4v) is 2.89. The lowest BCUT2D eigenvalue weighted by Gasteiger charge is -2.31. The molecular formula is C14H18INO. The van der Waals surface area contributed by atoms with Crippen LogP contribution in [0, 0.1) is 9.49 Å². The summed E-state index contributed by atoms with van der Waals surface area (Å²) in [6, 6.07) is 7.85. The number of hydrogen-bond acceptors (Lipinski definition) is 1. The van der Waals surface area contributed by atoms with Gasteiger partial charge in [0, 0.05) is 22.2 Å². The summed E-state index contributed by atoms with van der Waals surface area (Å²) >= 11 is 2.25. The first kappa shape index (κ1) is 12.9. The smallest absolute Gasteiger partial charge is 0.253 e. The molecule has 1 heterocycles. The Hall–Kier alpha value is -0.580. The highest BCUT2D eigenvalue weighted by Crippen LogP contribution is 2.21. The van der Waals surface area contributed by atoms with Crippen molar-refractivity contribution in [3.8, 4) is 0 Å². The molecule has 2 nitrogen and oxygen atoms in total. The normalized spacial score (nSPS) is 17.2. The van der Waals surface area contributed by atoms with Gasteiger partial charge in [0.25, 0.3) is 5.91 Å².